The van der Waals surface area contributed by atoms with E-state index >= 15 is 0 Å². The minimum atomic E-state index is -1.05. The summed E-state index contributed by atoms with van der Waals surface area (Å²) < 4.78 is 0. The minimum absolute atomic E-state index is 0.0863. The third kappa shape index (κ3) is 6.17. The molecule has 0 bridgehead atoms. The number of carbonyl (C=O) groups is 3. The van der Waals surface area contributed by atoms with Crippen LogP contribution in [0.25, 0.3) is 0 Å². The van der Waals surface area contributed by atoms with E-state index in [1.54, 1.807) is 38.1 Å². The first kappa shape index (κ1) is 22.1. The summed E-state index contributed by atoms with van der Waals surface area (Å²) in [5.41, 5.74) is 1.13. The van der Waals surface area contributed by atoms with Crippen LogP contribution in [0.4, 0.5) is 5.69 Å². The normalized spacial score (nSPS) is 11.0. The van der Waals surface area contributed by atoms with Gasteiger partial charge in [-0.05, 0) is 49.1 Å². The van der Waals surface area contributed by atoms with Gasteiger partial charge >= 0.3 is 5.97 Å². The molecule has 2 aromatic carbocycles. The van der Waals surface area contributed by atoms with E-state index in [1.165, 1.54) is 0 Å². The van der Waals surface area contributed by atoms with Gasteiger partial charge in [0.05, 0.1) is 5.41 Å². The van der Waals surface area contributed by atoms with E-state index in [4.69, 9.17) is 0 Å². The van der Waals surface area contributed by atoms with E-state index in [0.717, 1.165) is 12.0 Å². The van der Waals surface area contributed by atoms with Gasteiger partial charge in [-0.25, -0.2) is 0 Å². The Kier molecular flexibility index (Phi) is 7.95. The third-order valence-corrected chi connectivity index (χ3v) is 5.28. The van der Waals surface area contributed by atoms with E-state index in [-0.39, 0.29) is 18.2 Å². The van der Waals surface area contributed by atoms with Crippen molar-refractivity contribution in [3.63, 3.8) is 0 Å². The first-order valence-corrected chi connectivity index (χ1v) is 9.85. The number of carboxylic acid groups (broad SMARTS) is 1. The molecule has 6 heteroatoms. The van der Waals surface area contributed by atoms with Crippen LogP contribution in [0.5, 0.6) is 0 Å². The average Bonchev–Trinajstić information content (AvgIpc) is 2.73. The quantitative estimate of drug-likeness (QED) is 0.568. The Hall–Kier alpha value is -3.15. The number of nitrogens with one attached hydrogen (secondary N) is 2. The molecule has 154 valence electrons. The monoisotopic (exact) mass is 396 g/mol. The maximum atomic E-state index is 12.3. The van der Waals surface area contributed by atoms with E-state index < -0.39 is 11.4 Å². The van der Waals surface area contributed by atoms with Crippen LogP contribution < -0.4 is 10.6 Å². The Morgan fingerprint density at radius 3 is 2.10 bits per heavy atom. The maximum absolute atomic E-state index is 12.3. The second-order valence-electron chi connectivity index (χ2n) is 7.09. The standard InChI is InChI=1S/C23H28N2O4/c1-3-23(4-2,22(28)29)16-20(26)25-19-12-10-18(11-13-19)21(27)24-15-14-17-8-6-5-7-9-17/h5-13H,3-4,14-16H2,1-2H3,(H,24,27)(H,25,26)(H,28,29). The lowest BCUT2D eigenvalue weighted by molar-refractivity contribution is -0.151. The first-order valence-electron chi connectivity index (χ1n) is 9.85. The van der Waals surface area contributed by atoms with Crippen molar-refractivity contribution in [2.45, 2.75) is 39.5 Å². The van der Waals surface area contributed by atoms with Crippen LogP contribution in [0.2, 0.25) is 0 Å². The van der Waals surface area contributed by atoms with Crippen LogP contribution in [0.3, 0.4) is 0 Å². The molecule has 2 rings (SSSR count). The minimum Gasteiger partial charge on any atom is -0.481 e. The van der Waals surface area contributed by atoms with Gasteiger partial charge in [-0.1, -0.05) is 44.2 Å². The number of anilines is 1. The lowest BCUT2D eigenvalue weighted by Gasteiger charge is -2.25. The van der Waals surface area contributed by atoms with Crippen molar-refractivity contribution in [3.05, 3.63) is 65.7 Å². The molecule has 6 nitrogen and oxygen atoms in total. The third-order valence-electron chi connectivity index (χ3n) is 5.28. The summed E-state index contributed by atoms with van der Waals surface area (Å²) in [6.07, 6.45) is 1.43. The number of carbonyl (C=O) groups excluding carboxylic acids is 2. The Labute approximate surface area is 171 Å². The van der Waals surface area contributed by atoms with Crippen LogP contribution in [-0.2, 0) is 16.0 Å². The summed E-state index contributed by atoms with van der Waals surface area (Å²) in [6.45, 7) is 4.08. The van der Waals surface area contributed by atoms with Crippen molar-refractivity contribution in [2.75, 3.05) is 11.9 Å². The molecule has 0 aliphatic heterocycles. The number of hydrogen-bond acceptors (Lipinski definition) is 3. The molecule has 2 amide bonds. The zero-order chi connectivity index (χ0) is 21.3. The lowest BCUT2D eigenvalue weighted by atomic mass is 9.79. The zero-order valence-electron chi connectivity index (χ0n) is 16.9. The Morgan fingerprint density at radius 1 is 0.931 bits per heavy atom. The molecule has 2 aromatic rings. The fourth-order valence-electron chi connectivity index (χ4n) is 3.16. The molecule has 29 heavy (non-hydrogen) atoms. The van der Waals surface area contributed by atoms with Gasteiger partial charge in [-0.15, -0.1) is 0 Å². The van der Waals surface area contributed by atoms with Gasteiger partial charge in [-0.3, -0.25) is 14.4 Å². The summed E-state index contributed by atoms with van der Waals surface area (Å²) in [7, 11) is 0. The van der Waals surface area contributed by atoms with Gasteiger partial charge < -0.3 is 15.7 Å². The lowest BCUT2D eigenvalue weighted by Crippen LogP contribution is -2.34. The molecule has 0 fully saturated rings. The predicted molar refractivity (Wildman–Crippen MR) is 113 cm³/mol. The molecule has 0 aliphatic carbocycles. The van der Waals surface area contributed by atoms with Gasteiger partial charge in [-0.2, -0.15) is 0 Å². The molecule has 0 saturated heterocycles. The van der Waals surface area contributed by atoms with Gasteiger partial charge in [0.25, 0.3) is 5.91 Å². The Morgan fingerprint density at radius 2 is 1.55 bits per heavy atom. The highest BCUT2D eigenvalue weighted by molar-refractivity contribution is 5.96. The van der Waals surface area contributed by atoms with Gasteiger partial charge in [0.1, 0.15) is 0 Å². The summed E-state index contributed by atoms with van der Waals surface area (Å²) in [5.74, 6) is -1.49. The molecule has 0 aliphatic rings. The number of amides is 2. The molecule has 0 spiro atoms. The van der Waals surface area contributed by atoms with Crippen LogP contribution >= 0.6 is 0 Å². The van der Waals surface area contributed by atoms with Crippen LogP contribution in [-0.4, -0.2) is 29.4 Å². The molecule has 0 aromatic heterocycles. The Bertz CT molecular complexity index is 828. The number of benzene rings is 2. The average molecular weight is 396 g/mol. The highest BCUT2D eigenvalue weighted by Crippen LogP contribution is 2.31. The van der Waals surface area contributed by atoms with Crippen molar-refractivity contribution in [3.8, 4) is 0 Å². The fraction of sp³-hybridized carbons (Fsp3) is 0.348. The van der Waals surface area contributed by atoms with Crippen molar-refractivity contribution >= 4 is 23.5 Å². The second kappa shape index (κ2) is 10.4. The topological polar surface area (TPSA) is 95.5 Å². The van der Waals surface area contributed by atoms with Crippen molar-refractivity contribution in [2.24, 2.45) is 5.41 Å². The maximum Gasteiger partial charge on any atom is 0.310 e. The zero-order valence-corrected chi connectivity index (χ0v) is 16.9. The summed E-state index contributed by atoms with van der Waals surface area (Å²) in [4.78, 5) is 36.1. The molecule has 0 radical (unpaired) electrons. The highest BCUT2D eigenvalue weighted by atomic mass is 16.4. The molecule has 0 saturated carbocycles. The van der Waals surface area contributed by atoms with Crippen molar-refractivity contribution in [1.82, 2.24) is 5.32 Å². The molecule has 0 heterocycles. The highest BCUT2D eigenvalue weighted by Gasteiger charge is 2.37. The summed E-state index contributed by atoms with van der Waals surface area (Å²) in [5, 5.41) is 15.0. The molecular weight excluding hydrogens is 368 g/mol. The van der Waals surface area contributed by atoms with Crippen LogP contribution in [0, 0.1) is 5.41 Å². The largest absolute Gasteiger partial charge is 0.481 e. The van der Waals surface area contributed by atoms with E-state index in [2.05, 4.69) is 10.6 Å². The summed E-state index contributed by atoms with van der Waals surface area (Å²) >= 11 is 0. The smallest absolute Gasteiger partial charge is 0.310 e. The van der Waals surface area contributed by atoms with E-state index in [1.807, 2.05) is 30.3 Å². The van der Waals surface area contributed by atoms with Crippen LogP contribution in [0.15, 0.2) is 54.6 Å². The van der Waals surface area contributed by atoms with Crippen molar-refractivity contribution in [1.29, 1.82) is 0 Å². The number of carboxylic acids is 1. The van der Waals surface area contributed by atoms with E-state index in [9.17, 15) is 19.5 Å². The van der Waals surface area contributed by atoms with E-state index in [0.29, 0.717) is 30.6 Å². The number of hydrogen-bond donors (Lipinski definition) is 3. The van der Waals surface area contributed by atoms with Gasteiger partial charge in [0, 0.05) is 24.2 Å². The fourth-order valence-corrected chi connectivity index (χ4v) is 3.16. The van der Waals surface area contributed by atoms with Crippen molar-refractivity contribution < 1.29 is 19.5 Å². The number of aliphatic carboxylic acids is 1. The van der Waals surface area contributed by atoms with Gasteiger partial charge in [0.2, 0.25) is 5.91 Å². The molecule has 0 unspecified atom stereocenters. The predicted octanol–water partition coefficient (Wildman–Crippen LogP) is 3.88. The van der Waals surface area contributed by atoms with Crippen LogP contribution in [0.1, 0.15) is 49.0 Å². The molecule has 0 atom stereocenters. The molecular formula is C23H28N2O4. The second-order valence-corrected chi connectivity index (χ2v) is 7.09. The Balaban J connectivity index is 1.88. The first-order chi connectivity index (χ1) is 13.9. The number of rotatable bonds is 10. The molecule has 3 N–H and O–H groups in total. The SMILES string of the molecule is CCC(CC)(CC(=O)Nc1ccc(C(=O)NCCc2ccccc2)cc1)C(=O)O. The summed E-state index contributed by atoms with van der Waals surface area (Å²) in [6, 6.07) is 16.5. The van der Waals surface area contributed by atoms with Gasteiger partial charge in [0.15, 0.2) is 0 Å².